The number of aliphatic hydroxyl groups excluding tert-OH is 1. The number of fused-ring (bicyclic) bond motifs is 2. The first-order valence-corrected chi connectivity index (χ1v) is 12.1. The zero-order valence-electron chi connectivity index (χ0n) is 19.6. The number of aromatic nitrogens is 2. The summed E-state index contributed by atoms with van der Waals surface area (Å²) in [5.74, 6) is -0.825. The van der Waals surface area contributed by atoms with Crippen molar-refractivity contribution in [1.82, 2.24) is 9.97 Å². The molecule has 2 saturated heterocycles. The van der Waals surface area contributed by atoms with Crippen LogP contribution in [0.2, 0.25) is 0 Å². The van der Waals surface area contributed by atoms with Crippen molar-refractivity contribution in [2.45, 2.75) is 63.6 Å². The van der Waals surface area contributed by atoms with Gasteiger partial charge in [-0.3, -0.25) is 5.41 Å². The van der Waals surface area contributed by atoms with E-state index in [1.165, 1.54) is 18.2 Å². The predicted molar refractivity (Wildman–Crippen MR) is 128 cm³/mol. The van der Waals surface area contributed by atoms with Gasteiger partial charge in [-0.15, -0.1) is 0 Å². The Balaban J connectivity index is 1.30. The number of hydrogen-bond donors (Lipinski definition) is 3. The molecule has 9 heteroatoms. The van der Waals surface area contributed by atoms with Crippen molar-refractivity contribution >= 4 is 17.6 Å². The van der Waals surface area contributed by atoms with Gasteiger partial charge in [-0.1, -0.05) is 12.1 Å². The summed E-state index contributed by atoms with van der Waals surface area (Å²) in [6, 6.07) is 7.59. The van der Waals surface area contributed by atoms with Crippen LogP contribution in [0.25, 0.3) is 0 Å². The smallest absolute Gasteiger partial charge is 0.354 e. The SMILES string of the molecule is Cc1cc(C(=O)O)nc(N2C3CC[C@H]2CC(OC/C(C(=N)c2cccc(F)c2)=C(/O)C2CC2)C3)n1. The highest BCUT2D eigenvalue weighted by atomic mass is 19.1. The number of ether oxygens (including phenoxy) is 1. The topological polar surface area (TPSA) is 120 Å². The lowest BCUT2D eigenvalue weighted by molar-refractivity contribution is 0.0406. The molecule has 2 aromatic rings. The standard InChI is InChI=1S/C26H29FN4O4/c1-14-9-22(25(33)34)30-26(29-14)31-18-7-8-19(31)12-20(11-18)35-13-21(24(32)15-5-6-15)23(28)16-3-2-4-17(27)10-16/h2-4,9-10,15,18-20,28,32H,5-8,11-13H2,1H3,(H,33,34)/b24-21-,28-23?/t18-,19?,20?/m0/s1. The Morgan fingerprint density at radius 1 is 1.14 bits per heavy atom. The molecule has 5 rings (SSSR count). The summed E-state index contributed by atoms with van der Waals surface area (Å²) < 4.78 is 20.0. The fourth-order valence-corrected chi connectivity index (χ4v) is 5.26. The molecule has 1 aromatic heterocycles. The van der Waals surface area contributed by atoms with Crippen LogP contribution in [-0.4, -0.2) is 56.7 Å². The number of aromatic carboxylic acids is 1. The van der Waals surface area contributed by atoms with Gasteiger partial charge in [0.15, 0.2) is 5.69 Å². The first kappa shape index (κ1) is 23.4. The highest BCUT2D eigenvalue weighted by Crippen LogP contribution is 2.40. The molecule has 184 valence electrons. The monoisotopic (exact) mass is 480 g/mol. The molecule has 0 spiro atoms. The van der Waals surface area contributed by atoms with Gasteiger partial charge in [0.25, 0.3) is 0 Å². The third-order valence-electron chi connectivity index (χ3n) is 7.13. The molecule has 0 radical (unpaired) electrons. The molecule has 1 saturated carbocycles. The van der Waals surface area contributed by atoms with Crippen molar-refractivity contribution in [3.8, 4) is 0 Å². The minimum atomic E-state index is -1.07. The number of rotatable bonds is 8. The molecule has 2 bridgehead atoms. The quantitative estimate of drug-likeness (QED) is 0.378. The van der Waals surface area contributed by atoms with Gasteiger partial charge < -0.3 is 19.8 Å². The maximum atomic E-state index is 13.7. The largest absolute Gasteiger partial charge is 0.512 e. The van der Waals surface area contributed by atoms with Crippen LogP contribution < -0.4 is 4.90 Å². The zero-order chi connectivity index (χ0) is 24.7. The average molecular weight is 481 g/mol. The van der Waals surface area contributed by atoms with E-state index in [-0.39, 0.29) is 47.9 Å². The van der Waals surface area contributed by atoms with Crippen molar-refractivity contribution in [2.24, 2.45) is 5.92 Å². The van der Waals surface area contributed by atoms with Gasteiger partial charge in [0.2, 0.25) is 5.95 Å². The van der Waals surface area contributed by atoms with Crippen LogP contribution in [0.5, 0.6) is 0 Å². The summed E-state index contributed by atoms with van der Waals surface area (Å²) in [4.78, 5) is 22.4. The average Bonchev–Trinajstić information content (AvgIpc) is 3.63. The molecule has 8 nitrogen and oxygen atoms in total. The van der Waals surface area contributed by atoms with E-state index >= 15 is 0 Å². The number of benzene rings is 1. The lowest BCUT2D eigenvalue weighted by atomic mass is 9.98. The fraction of sp³-hybridized carbons (Fsp3) is 0.462. The number of piperidine rings is 1. The van der Waals surface area contributed by atoms with Crippen molar-refractivity contribution in [3.05, 3.63) is 64.4 Å². The summed E-state index contributed by atoms with van der Waals surface area (Å²) in [6.45, 7) is 1.86. The summed E-state index contributed by atoms with van der Waals surface area (Å²) in [7, 11) is 0. The number of hydrogen-bond acceptors (Lipinski definition) is 7. The van der Waals surface area contributed by atoms with Crippen molar-refractivity contribution in [1.29, 1.82) is 5.41 Å². The van der Waals surface area contributed by atoms with Crippen LogP contribution in [0.1, 0.15) is 60.3 Å². The Labute approximate surface area is 203 Å². The molecule has 3 N–H and O–H groups in total. The van der Waals surface area contributed by atoms with Gasteiger partial charge in [0.1, 0.15) is 11.6 Å². The van der Waals surface area contributed by atoms with Gasteiger partial charge >= 0.3 is 5.97 Å². The zero-order valence-corrected chi connectivity index (χ0v) is 19.6. The van der Waals surface area contributed by atoms with Crippen molar-refractivity contribution in [2.75, 3.05) is 11.5 Å². The second-order valence-electron chi connectivity index (χ2n) is 9.72. The Hall–Kier alpha value is -3.33. The molecule has 3 heterocycles. The lowest BCUT2D eigenvalue weighted by Crippen LogP contribution is -2.46. The number of carboxylic acids is 1. The van der Waals surface area contributed by atoms with Gasteiger partial charge in [0, 0.05) is 34.8 Å². The number of aliphatic hydroxyl groups is 1. The van der Waals surface area contributed by atoms with Crippen LogP contribution in [0.15, 0.2) is 41.7 Å². The molecular weight excluding hydrogens is 451 g/mol. The van der Waals surface area contributed by atoms with Gasteiger partial charge in [-0.25, -0.2) is 19.2 Å². The van der Waals surface area contributed by atoms with E-state index in [0.717, 1.165) is 38.5 Å². The number of carbonyl (C=O) groups is 1. The minimum Gasteiger partial charge on any atom is -0.512 e. The molecule has 35 heavy (non-hydrogen) atoms. The number of nitrogens with zero attached hydrogens (tertiary/aromatic N) is 3. The Morgan fingerprint density at radius 3 is 2.49 bits per heavy atom. The normalized spacial score (nSPS) is 24.3. The number of halogens is 1. The highest BCUT2D eigenvalue weighted by molar-refractivity contribution is 6.11. The van der Waals surface area contributed by atoms with Crippen LogP contribution in [0, 0.1) is 24.1 Å². The van der Waals surface area contributed by atoms with E-state index < -0.39 is 11.8 Å². The molecule has 2 unspecified atom stereocenters. The number of aryl methyl sites for hydroxylation is 1. The molecule has 1 aromatic carbocycles. The number of carboxylic acid groups (broad SMARTS) is 1. The fourth-order valence-electron chi connectivity index (χ4n) is 5.26. The van der Waals surface area contributed by atoms with E-state index in [1.54, 1.807) is 19.1 Å². The van der Waals surface area contributed by atoms with Crippen molar-refractivity contribution in [3.63, 3.8) is 0 Å². The van der Waals surface area contributed by atoms with Crippen molar-refractivity contribution < 1.29 is 24.1 Å². The summed E-state index contributed by atoms with van der Waals surface area (Å²) >= 11 is 0. The second kappa shape index (κ2) is 9.37. The molecule has 3 fully saturated rings. The summed E-state index contributed by atoms with van der Waals surface area (Å²) in [5.41, 5.74) is 1.53. The van der Waals surface area contributed by atoms with Gasteiger partial charge in [-0.05, 0) is 63.6 Å². The van der Waals surface area contributed by atoms with Gasteiger partial charge in [0.05, 0.1) is 18.4 Å². The maximum Gasteiger partial charge on any atom is 0.354 e. The molecule has 3 atom stereocenters. The predicted octanol–water partition coefficient (Wildman–Crippen LogP) is 4.43. The highest BCUT2D eigenvalue weighted by Gasteiger charge is 2.43. The van der Waals surface area contributed by atoms with E-state index in [4.69, 9.17) is 10.1 Å². The molecule has 0 amide bonds. The van der Waals surface area contributed by atoms with Crippen LogP contribution in [-0.2, 0) is 4.74 Å². The van der Waals surface area contributed by atoms with E-state index in [0.29, 0.717) is 22.8 Å². The Bertz CT molecular complexity index is 1180. The summed E-state index contributed by atoms with van der Waals surface area (Å²) in [5, 5.41) is 28.8. The Morgan fingerprint density at radius 2 is 1.86 bits per heavy atom. The van der Waals surface area contributed by atoms with E-state index in [9.17, 15) is 19.4 Å². The minimum absolute atomic E-state index is 0.00790. The maximum absolute atomic E-state index is 13.7. The van der Waals surface area contributed by atoms with E-state index in [2.05, 4.69) is 14.9 Å². The number of allylic oxidation sites excluding steroid dienone is 1. The van der Waals surface area contributed by atoms with Crippen LogP contribution in [0.4, 0.5) is 10.3 Å². The molecule has 1 aliphatic carbocycles. The second-order valence-corrected chi connectivity index (χ2v) is 9.72. The molecule has 2 aliphatic heterocycles. The Kier molecular flexibility index (Phi) is 6.27. The third kappa shape index (κ3) is 4.91. The molecule has 3 aliphatic rings. The van der Waals surface area contributed by atoms with Crippen LogP contribution >= 0.6 is 0 Å². The van der Waals surface area contributed by atoms with Gasteiger partial charge in [-0.2, -0.15) is 0 Å². The third-order valence-corrected chi connectivity index (χ3v) is 7.13. The number of anilines is 1. The summed E-state index contributed by atoms with van der Waals surface area (Å²) in [6.07, 6.45) is 5.02. The first-order chi connectivity index (χ1) is 16.8. The first-order valence-electron chi connectivity index (χ1n) is 12.1. The number of nitrogens with one attached hydrogen (secondary N) is 1. The lowest BCUT2D eigenvalue weighted by Gasteiger charge is -2.39. The van der Waals surface area contributed by atoms with Crippen LogP contribution in [0.3, 0.4) is 0 Å². The molecular formula is C26H29FN4O4. The van der Waals surface area contributed by atoms with E-state index in [1.807, 2.05) is 0 Å².